The second-order valence-electron chi connectivity index (χ2n) is 6.46. The van der Waals surface area contributed by atoms with Crippen LogP contribution in [0.25, 0.3) is 6.08 Å². The Balaban J connectivity index is 2.44. The Morgan fingerprint density at radius 2 is 2.26 bits per heavy atom. The Bertz CT molecular complexity index is 616. The van der Waals surface area contributed by atoms with Crippen molar-refractivity contribution in [1.29, 1.82) is 0 Å². The summed E-state index contributed by atoms with van der Waals surface area (Å²) >= 11 is 0. The van der Waals surface area contributed by atoms with Gasteiger partial charge in [-0.3, -0.25) is 4.79 Å². The van der Waals surface area contributed by atoms with Crippen LogP contribution in [0.3, 0.4) is 0 Å². The van der Waals surface area contributed by atoms with E-state index in [1.807, 2.05) is 13.0 Å². The Kier molecular flexibility index (Phi) is 5.78. The molecular formula is C20H26O3. The molecule has 1 aromatic carbocycles. The minimum absolute atomic E-state index is 0.206. The zero-order valence-electron chi connectivity index (χ0n) is 14.2. The molecular weight excluding hydrogens is 288 g/mol. The van der Waals surface area contributed by atoms with Gasteiger partial charge in [-0.15, -0.1) is 6.58 Å². The van der Waals surface area contributed by atoms with E-state index in [1.165, 1.54) is 12.5 Å². The molecule has 23 heavy (non-hydrogen) atoms. The number of benzene rings is 1. The number of esters is 1. The maximum absolute atomic E-state index is 11.5. The van der Waals surface area contributed by atoms with Gasteiger partial charge in [0.2, 0.25) is 0 Å². The van der Waals surface area contributed by atoms with Crippen LogP contribution in [-0.2, 0) is 16.0 Å². The van der Waals surface area contributed by atoms with Crippen LogP contribution in [0.1, 0.15) is 55.0 Å². The van der Waals surface area contributed by atoms with Crippen molar-refractivity contribution < 1.29 is 14.6 Å². The van der Waals surface area contributed by atoms with Gasteiger partial charge in [0.15, 0.2) is 0 Å². The van der Waals surface area contributed by atoms with Gasteiger partial charge in [0.25, 0.3) is 0 Å². The summed E-state index contributed by atoms with van der Waals surface area (Å²) in [7, 11) is 0. The summed E-state index contributed by atoms with van der Waals surface area (Å²) in [6, 6.07) is 4.23. The van der Waals surface area contributed by atoms with E-state index in [9.17, 15) is 9.90 Å². The molecule has 0 saturated carbocycles. The Morgan fingerprint density at radius 3 is 2.91 bits per heavy atom. The molecule has 3 heteroatoms. The van der Waals surface area contributed by atoms with E-state index in [1.54, 1.807) is 12.2 Å². The molecule has 0 spiro atoms. The summed E-state index contributed by atoms with van der Waals surface area (Å²) in [6.07, 6.45) is 7.04. The fourth-order valence-electron chi connectivity index (χ4n) is 3.28. The number of fused-ring (bicyclic) bond motifs is 1. The largest absolute Gasteiger partial charge is 0.458 e. The van der Waals surface area contributed by atoms with Crippen LogP contribution in [0.5, 0.6) is 0 Å². The third-order valence-electron chi connectivity index (χ3n) is 4.30. The van der Waals surface area contributed by atoms with Crippen LogP contribution in [0, 0.1) is 12.8 Å². The van der Waals surface area contributed by atoms with Crippen molar-refractivity contribution in [2.45, 2.75) is 52.2 Å². The van der Waals surface area contributed by atoms with E-state index >= 15 is 0 Å². The third kappa shape index (κ3) is 4.32. The highest BCUT2D eigenvalue weighted by Crippen LogP contribution is 2.39. The second kappa shape index (κ2) is 7.60. The van der Waals surface area contributed by atoms with Gasteiger partial charge in [-0.2, -0.15) is 0 Å². The highest BCUT2D eigenvalue weighted by molar-refractivity contribution is 5.68. The first-order chi connectivity index (χ1) is 10.9. The normalized spacial score (nSPS) is 21.7. The van der Waals surface area contributed by atoms with Crippen LogP contribution < -0.4 is 0 Å². The van der Waals surface area contributed by atoms with E-state index in [-0.39, 0.29) is 12.1 Å². The van der Waals surface area contributed by atoms with Gasteiger partial charge >= 0.3 is 5.97 Å². The molecule has 1 aliphatic rings. The summed E-state index contributed by atoms with van der Waals surface area (Å²) < 4.78 is 5.59. The van der Waals surface area contributed by atoms with Crippen molar-refractivity contribution >= 4 is 12.0 Å². The lowest BCUT2D eigenvalue weighted by molar-refractivity contribution is -0.147. The summed E-state index contributed by atoms with van der Waals surface area (Å²) in [5.74, 6) is 0.232. The van der Waals surface area contributed by atoms with Crippen LogP contribution in [0.4, 0.5) is 0 Å². The first-order valence-electron chi connectivity index (χ1n) is 8.19. The first-order valence-corrected chi connectivity index (χ1v) is 8.19. The maximum atomic E-state index is 11.5. The average Bonchev–Trinajstić information content (AvgIpc) is 2.46. The van der Waals surface area contributed by atoms with Crippen LogP contribution >= 0.6 is 0 Å². The smallest absolute Gasteiger partial charge is 0.303 e. The number of aliphatic hydroxyl groups is 1. The fraction of sp³-hybridized carbons (Fsp3) is 0.450. The molecule has 0 fully saturated rings. The molecule has 0 heterocycles. The van der Waals surface area contributed by atoms with Gasteiger partial charge in [-0.25, -0.2) is 0 Å². The molecule has 0 unspecified atom stereocenters. The molecule has 2 rings (SSSR count). The Morgan fingerprint density at radius 1 is 1.52 bits per heavy atom. The van der Waals surface area contributed by atoms with Crippen LogP contribution in [-0.4, -0.2) is 17.2 Å². The van der Waals surface area contributed by atoms with Gasteiger partial charge in [0.1, 0.15) is 6.10 Å². The number of ether oxygens (including phenoxy) is 1. The summed E-state index contributed by atoms with van der Waals surface area (Å²) in [4.78, 5) is 11.5. The zero-order chi connectivity index (χ0) is 17.0. The van der Waals surface area contributed by atoms with Crippen molar-refractivity contribution in [1.82, 2.24) is 0 Å². The molecule has 0 aromatic heterocycles. The molecule has 0 amide bonds. The van der Waals surface area contributed by atoms with Gasteiger partial charge < -0.3 is 9.84 Å². The number of hydrogen-bond donors (Lipinski definition) is 1. The number of aryl methyl sites for hydroxylation is 1. The predicted molar refractivity (Wildman–Crippen MR) is 93.0 cm³/mol. The van der Waals surface area contributed by atoms with Crippen LogP contribution in [0.2, 0.25) is 0 Å². The van der Waals surface area contributed by atoms with E-state index in [2.05, 4.69) is 25.6 Å². The van der Waals surface area contributed by atoms with Crippen molar-refractivity contribution in [3.05, 3.63) is 53.1 Å². The van der Waals surface area contributed by atoms with Gasteiger partial charge in [-0.1, -0.05) is 37.3 Å². The Hall–Kier alpha value is -1.87. The van der Waals surface area contributed by atoms with Crippen molar-refractivity contribution in [3.63, 3.8) is 0 Å². The van der Waals surface area contributed by atoms with Gasteiger partial charge in [0, 0.05) is 12.5 Å². The molecule has 1 aliphatic carbocycles. The molecule has 3 atom stereocenters. The van der Waals surface area contributed by atoms with E-state index in [4.69, 9.17) is 4.74 Å². The van der Waals surface area contributed by atoms with Crippen LogP contribution in [0.15, 0.2) is 30.9 Å². The number of rotatable bonds is 5. The zero-order valence-corrected chi connectivity index (χ0v) is 14.2. The number of carbonyl (C=O) groups excluding carboxylic acids is 1. The lowest BCUT2D eigenvalue weighted by Crippen LogP contribution is -2.22. The summed E-state index contributed by atoms with van der Waals surface area (Å²) in [6.45, 7) is 9.33. The molecule has 0 saturated heterocycles. The molecule has 3 nitrogen and oxygen atoms in total. The molecule has 1 N–H and O–H groups in total. The SMILES string of the molecule is C=CC[C@H](O)/C=C/c1c(C)ccc2c1[C@@H](OC(C)=O)C[C@H](C)C2. The van der Waals surface area contributed by atoms with E-state index in [0.717, 1.165) is 29.5 Å². The minimum atomic E-state index is -0.544. The monoisotopic (exact) mass is 314 g/mol. The minimum Gasteiger partial charge on any atom is -0.458 e. The first kappa shape index (κ1) is 17.5. The summed E-state index contributed by atoms with van der Waals surface area (Å²) in [5, 5.41) is 9.92. The lowest BCUT2D eigenvalue weighted by Gasteiger charge is -2.31. The molecule has 0 bridgehead atoms. The molecule has 1 aromatic rings. The lowest BCUT2D eigenvalue weighted by atomic mass is 9.79. The van der Waals surface area contributed by atoms with E-state index < -0.39 is 6.10 Å². The van der Waals surface area contributed by atoms with E-state index in [0.29, 0.717) is 12.3 Å². The highest BCUT2D eigenvalue weighted by atomic mass is 16.5. The van der Waals surface area contributed by atoms with Gasteiger partial charge in [-0.05, 0) is 48.8 Å². The fourth-order valence-corrected chi connectivity index (χ4v) is 3.28. The second-order valence-corrected chi connectivity index (χ2v) is 6.46. The number of aliphatic hydroxyl groups excluding tert-OH is 1. The average molecular weight is 314 g/mol. The summed E-state index contributed by atoms with van der Waals surface area (Å²) in [5.41, 5.74) is 4.51. The highest BCUT2D eigenvalue weighted by Gasteiger charge is 2.29. The maximum Gasteiger partial charge on any atom is 0.303 e. The van der Waals surface area contributed by atoms with Crippen molar-refractivity contribution in [2.24, 2.45) is 5.92 Å². The Labute approximate surface area is 138 Å². The topological polar surface area (TPSA) is 46.5 Å². The molecule has 124 valence electrons. The standard InChI is InChI=1S/C20H26O3/c1-5-6-17(22)9-10-18-14(3)7-8-16-11-13(2)12-19(20(16)18)23-15(4)21/h5,7-10,13,17,19,22H,1,6,11-12H2,2-4H3/b10-9+/t13-,17+,19+/m1/s1. The van der Waals surface area contributed by atoms with Crippen molar-refractivity contribution in [3.8, 4) is 0 Å². The molecule has 0 aliphatic heterocycles. The third-order valence-corrected chi connectivity index (χ3v) is 4.30. The van der Waals surface area contributed by atoms with Gasteiger partial charge in [0.05, 0.1) is 6.10 Å². The number of carbonyl (C=O) groups is 1. The number of hydrogen-bond acceptors (Lipinski definition) is 3. The molecule has 0 radical (unpaired) electrons. The predicted octanol–water partition coefficient (Wildman–Crippen LogP) is 4.13. The van der Waals surface area contributed by atoms with Crippen molar-refractivity contribution in [2.75, 3.05) is 0 Å². The quantitative estimate of drug-likeness (QED) is 0.656.